The van der Waals surface area contributed by atoms with Gasteiger partial charge < -0.3 is 13.6 Å². The zero-order valence-electron chi connectivity index (χ0n) is 13.6. The van der Waals surface area contributed by atoms with E-state index < -0.39 is 5.63 Å². The van der Waals surface area contributed by atoms with Crippen LogP contribution < -0.4 is 10.4 Å². The van der Waals surface area contributed by atoms with Crippen LogP contribution in [0.15, 0.2) is 62.2 Å². The lowest BCUT2D eigenvalue weighted by atomic mass is 10.1. The Morgan fingerprint density at radius 1 is 0.960 bits per heavy atom. The van der Waals surface area contributed by atoms with Crippen molar-refractivity contribution in [1.82, 2.24) is 10.2 Å². The lowest BCUT2D eigenvalue weighted by Crippen LogP contribution is -2.03. The van der Waals surface area contributed by atoms with Gasteiger partial charge in [-0.1, -0.05) is 29.8 Å². The van der Waals surface area contributed by atoms with Crippen molar-refractivity contribution in [2.45, 2.75) is 6.92 Å². The number of hydrogen-bond acceptors (Lipinski definition) is 6. The van der Waals surface area contributed by atoms with Crippen LogP contribution in [0.1, 0.15) is 5.56 Å². The minimum absolute atomic E-state index is 0.119. The molecular weight excluding hydrogens is 320 g/mol. The molecule has 0 amide bonds. The molecule has 0 aliphatic heterocycles. The van der Waals surface area contributed by atoms with Crippen LogP contribution in [-0.4, -0.2) is 17.3 Å². The van der Waals surface area contributed by atoms with E-state index in [9.17, 15) is 4.79 Å². The van der Waals surface area contributed by atoms with Crippen molar-refractivity contribution in [3.8, 4) is 28.7 Å². The second kappa shape index (κ2) is 5.90. The number of rotatable bonds is 3. The molecule has 6 heteroatoms. The zero-order valence-corrected chi connectivity index (χ0v) is 13.6. The van der Waals surface area contributed by atoms with Crippen LogP contribution in [0.2, 0.25) is 0 Å². The third-order valence-corrected chi connectivity index (χ3v) is 3.90. The molecule has 2 heterocycles. The number of ether oxygens (including phenoxy) is 1. The summed E-state index contributed by atoms with van der Waals surface area (Å²) in [6.45, 7) is 2.00. The summed E-state index contributed by atoms with van der Waals surface area (Å²) in [6.07, 6.45) is 0. The van der Waals surface area contributed by atoms with Crippen molar-refractivity contribution in [3.05, 3.63) is 64.5 Å². The second-order valence-electron chi connectivity index (χ2n) is 5.60. The molecule has 0 aliphatic rings. The summed E-state index contributed by atoms with van der Waals surface area (Å²) in [5.41, 5.74) is 1.96. The topological polar surface area (TPSA) is 78.4 Å². The van der Waals surface area contributed by atoms with Crippen LogP contribution in [-0.2, 0) is 0 Å². The molecule has 0 radical (unpaired) electrons. The van der Waals surface area contributed by atoms with Gasteiger partial charge in [0.2, 0.25) is 5.89 Å². The molecule has 0 N–H and O–H groups in total. The minimum Gasteiger partial charge on any atom is -0.493 e. The smallest absolute Gasteiger partial charge is 0.349 e. The lowest BCUT2D eigenvalue weighted by molar-refractivity contribution is 0.406. The molecule has 2 aromatic heterocycles. The largest absolute Gasteiger partial charge is 0.493 e. The van der Waals surface area contributed by atoms with E-state index in [1.807, 2.05) is 43.3 Å². The van der Waals surface area contributed by atoms with Gasteiger partial charge in [-0.3, -0.25) is 0 Å². The number of fused-ring (bicyclic) bond motifs is 1. The van der Waals surface area contributed by atoms with Crippen molar-refractivity contribution in [3.63, 3.8) is 0 Å². The fourth-order valence-electron chi connectivity index (χ4n) is 2.57. The number of methoxy groups -OCH3 is 1. The Hall–Kier alpha value is -3.41. The van der Waals surface area contributed by atoms with Crippen LogP contribution >= 0.6 is 0 Å². The predicted octanol–water partition coefficient (Wildman–Crippen LogP) is 3.83. The molecule has 0 aliphatic carbocycles. The molecule has 2 aromatic carbocycles. The molecular formula is C19H14N2O4. The van der Waals surface area contributed by atoms with Crippen molar-refractivity contribution in [2.24, 2.45) is 0 Å². The molecule has 0 unspecified atom stereocenters. The Labute approximate surface area is 142 Å². The van der Waals surface area contributed by atoms with E-state index in [0.717, 1.165) is 11.1 Å². The number of para-hydroxylation sites is 1. The van der Waals surface area contributed by atoms with Gasteiger partial charge in [0.25, 0.3) is 5.89 Å². The molecule has 4 rings (SSSR count). The maximum absolute atomic E-state index is 12.3. The number of benzene rings is 2. The highest BCUT2D eigenvalue weighted by Crippen LogP contribution is 2.28. The van der Waals surface area contributed by atoms with Gasteiger partial charge in [-0.25, -0.2) is 4.79 Å². The van der Waals surface area contributed by atoms with Crippen molar-refractivity contribution >= 4 is 11.0 Å². The van der Waals surface area contributed by atoms with Crippen molar-refractivity contribution in [2.75, 3.05) is 7.11 Å². The van der Waals surface area contributed by atoms with Crippen LogP contribution in [0, 0.1) is 6.92 Å². The molecule has 0 saturated heterocycles. The molecule has 124 valence electrons. The Morgan fingerprint density at radius 2 is 1.72 bits per heavy atom. The first kappa shape index (κ1) is 15.1. The van der Waals surface area contributed by atoms with Crippen LogP contribution in [0.3, 0.4) is 0 Å². The number of nitrogens with zero attached hydrogens (tertiary/aromatic N) is 2. The highest BCUT2D eigenvalue weighted by Gasteiger charge is 2.17. The second-order valence-corrected chi connectivity index (χ2v) is 5.60. The summed E-state index contributed by atoms with van der Waals surface area (Å²) in [7, 11) is 1.52. The third kappa shape index (κ3) is 2.67. The lowest BCUT2D eigenvalue weighted by Gasteiger charge is -2.04. The molecule has 25 heavy (non-hydrogen) atoms. The molecule has 0 bridgehead atoms. The van der Waals surface area contributed by atoms with Crippen molar-refractivity contribution < 1.29 is 13.6 Å². The Morgan fingerprint density at radius 3 is 2.48 bits per heavy atom. The standard InChI is InChI=1S/C19H14N2O4/c1-11-6-8-12(9-7-11)17-20-21-18(25-17)14-10-13-4-3-5-15(23-2)16(13)24-19(14)22/h3-10H,1-2H3. The average Bonchev–Trinajstić information content (AvgIpc) is 3.11. The van der Waals surface area contributed by atoms with E-state index in [-0.39, 0.29) is 11.5 Å². The molecule has 6 nitrogen and oxygen atoms in total. The maximum Gasteiger partial charge on any atom is 0.349 e. The predicted molar refractivity (Wildman–Crippen MR) is 92.5 cm³/mol. The SMILES string of the molecule is COc1cccc2cc(-c3nnc(-c4ccc(C)cc4)o3)c(=O)oc12. The Bertz CT molecular complexity index is 1110. The minimum atomic E-state index is -0.559. The van der Waals surface area contributed by atoms with Crippen LogP contribution in [0.5, 0.6) is 5.75 Å². The average molecular weight is 334 g/mol. The van der Waals surface area contributed by atoms with E-state index in [4.69, 9.17) is 13.6 Å². The maximum atomic E-state index is 12.3. The molecule has 0 fully saturated rings. The molecule has 0 saturated carbocycles. The van der Waals surface area contributed by atoms with Gasteiger partial charge in [0.15, 0.2) is 11.3 Å². The summed E-state index contributed by atoms with van der Waals surface area (Å²) < 4.78 is 16.3. The highest BCUT2D eigenvalue weighted by atomic mass is 16.5. The summed E-state index contributed by atoms with van der Waals surface area (Å²) in [6, 6.07) is 14.7. The van der Waals surface area contributed by atoms with Gasteiger partial charge in [-0.05, 0) is 31.2 Å². The van der Waals surface area contributed by atoms with Gasteiger partial charge in [0.1, 0.15) is 5.56 Å². The first-order valence-corrected chi connectivity index (χ1v) is 7.67. The molecule has 0 atom stereocenters. The molecule has 4 aromatic rings. The number of hydrogen-bond donors (Lipinski definition) is 0. The van der Waals surface area contributed by atoms with Crippen LogP contribution in [0.25, 0.3) is 33.9 Å². The van der Waals surface area contributed by atoms with Gasteiger partial charge in [-0.15, -0.1) is 10.2 Å². The summed E-state index contributed by atoms with van der Waals surface area (Å²) in [5.74, 6) is 0.959. The number of aryl methyl sites for hydroxylation is 1. The third-order valence-electron chi connectivity index (χ3n) is 3.90. The van der Waals surface area contributed by atoms with E-state index in [2.05, 4.69) is 10.2 Å². The fraction of sp³-hybridized carbons (Fsp3) is 0.105. The number of aromatic nitrogens is 2. The van der Waals surface area contributed by atoms with E-state index in [1.165, 1.54) is 7.11 Å². The first-order valence-electron chi connectivity index (χ1n) is 7.67. The fourth-order valence-corrected chi connectivity index (χ4v) is 2.57. The highest BCUT2D eigenvalue weighted by molar-refractivity contribution is 5.85. The Balaban J connectivity index is 1.81. The van der Waals surface area contributed by atoms with E-state index in [0.29, 0.717) is 22.6 Å². The normalized spacial score (nSPS) is 11.0. The molecule has 0 spiro atoms. The van der Waals surface area contributed by atoms with Gasteiger partial charge in [0, 0.05) is 10.9 Å². The van der Waals surface area contributed by atoms with E-state index >= 15 is 0 Å². The monoisotopic (exact) mass is 334 g/mol. The Kier molecular flexibility index (Phi) is 3.57. The summed E-state index contributed by atoms with van der Waals surface area (Å²) in [5, 5.41) is 8.73. The summed E-state index contributed by atoms with van der Waals surface area (Å²) in [4.78, 5) is 12.3. The van der Waals surface area contributed by atoms with Gasteiger partial charge in [-0.2, -0.15) is 0 Å². The summed E-state index contributed by atoms with van der Waals surface area (Å²) >= 11 is 0. The van der Waals surface area contributed by atoms with E-state index in [1.54, 1.807) is 12.1 Å². The van der Waals surface area contributed by atoms with Crippen molar-refractivity contribution in [1.29, 1.82) is 0 Å². The van der Waals surface area contributed by atoms with Gasteiger partial charge in [0.05, 0.1) is 7.11 Å². The van der Waals surface area contributed by atoms with Gasteiger partial charge >= 0.3 is 5.63 Å². The zero-order chi connectivity index (χ0) is 17.4. The quantitative estimate of drug-likeness (QED) is 0.530. The van der Waals surface area contributed by atoms with Crippen LogP contribution in [0.4, 0.5) is 0 Å². The first-order chi connectivity index (χ1) is 12.2.